The maximum absolute atomic E-state index is 11.7. The van der Waals surface area contributed by atoms with E-state index in [-0.39, 0.29) is 12.5 Å². The van der Waals surface area contributed by atoms with Crippen LogP contribution in [0.5, 0.6) is 5.75 Å². The predicted molar refractivity (Wildman–Crippen MR) is 72.5 cm³/mol. The van der Waals surface area contributed by atoms with Gasteiger partial charge < -0.3 is 15.4 Å². The molecule has 0 aliphatic heterocycles. The molecule has 1 amide bonds. The van der Waals surface area contributed by atoms with Gasteiger partial charge in [-0.15, -0.1) is 0 Å². The second kappa shape index (κ2) is 7.01. The van der Waals surface area contributed by atoms with Gasteiger partial charge in [0.05, 0.1) is 13.7 Å². The van der Waals surface area contributed by atoms with Gasteiger partial charge in [-0.05, 0) is 30.5 Å². The van der Waals surface area contributed by atoms with E-state index in [4.69, 9.17) is 10.5 Å². The number of benzene rings is 1. The van der Waals surface area contributed by atoms with Crippen molar-refractivity contribution >= 4 is 5.91 Å². The summed E-state index contributed by atoms with van der Waals surface area (Å²) in [5.41, 5.74) is 7.60. The van der Waals surface area contributed by atoms with Crippen LogP contribution in [0.2, 0.25) is 0 Å². The first-order chi connectivity index (χ1) is 8.62. The molecular formula is C14H22N2O2. The monoisotopic (exact) mass is 250 g/mol. The molecular weight excluding hydrogens is 228 g/mol. The van der Waals surface area contributed by atoms with Crippen molar-refractivity contribution in [3.8, 4) is 5.75 Å². The first-order valence-corrected chi connectivity index (χ1v) is 6.23. The highest BCUT2D eigenvalue weighted by Crippen LogP contribution is 2.19. The van der Waals surface area contributed by atoms with Crippen molar-refractivity contribution in [2.24, 2.45) is 5.73 Å². The molecule has 0 saturated heterocycles. The van der Waals surface area contributed by atoms with Crippen LogP contribution in [0.3, 0.4) is 0 Å². The molecule has 4 nitrogen and oxygen atoms in total. The van der Waals surface area contributed by atoms with Gasteiger partial charge in [-0.2, -0.15) is 0 Å². The summed E-state index contributed by atoms with van der Waals surface area (Å²) < 4.78 is 5.22. The third-order valence-electron chi connectivity index (χ3n) is 2.85. The Morgan fingerprint density at radius 3 is 2.67 bits per heavy atom. The van der Waals surface area contributed by atoms with Crippen LogP contribution in [0.25, 0.3) is 0 Å². The lowest BCUT2D eigenvalue weighted by molar-refractivity contribution is -0.130. The van der Waals surface area contributed by atoms with Crippen LogP contribution in [0, 0.1) is 6.92 Å². The number of methoxy groups -OCH3 is 1. The summed E-state index contributed by atoms with van der Waals surface area (Å²) in [4.78, 5) is 13.5. The van der Waals surface area contributed by atoms with Gasteiger partial charge in [-0.1, -0.05) is 19.1 Å². The average molecular weight is 250 g/mol. The fourth-order valence-corrected chi connectivity index (χ4v) is 1.95. The molecule has 0 unspecified atom stereocenters. The number of ether oxygens (including phenoxy) is 1. The van der Waals surface area contributed by atoms with Crippen molar-refractivity contribution in [3.05, 3.63) is 29.3 Å². The summed E-state index contributed by atoms with van der Waals surface area (Å²) in [6.45, 7) is 5.46. The Bertz CT molecular complexity index is 405. The zero-order chi connectivity index (χ0) is 13.5. The Kier molecular flexibility index (Phi) is 5.65. The summed E-state index contributed by atoms with van der Waals surface area (Å²) >= 11 is 0. The van der Waals surface area contributed by atoms with Crippen molar-refractivity contribution in [1.82, 2.24) is 4.90 Å². The summed E-state index contributed by atoms with van der Waals surface area (Å²) in [6.07, 6.45) is 0.931. The third kappa shape index (κ3) is 3.74. The van der Waals surface area contributed by atoms with Crippen molar-refractivity contribution < 1.29 is 9.53 Å². The van der Waals surface area contributed by atoms with Gasteiger partial charge >= 0.3 is 0 Å². The van der Waals surface area contributed by atoms with Gasteiger partial charge in [0.25, 0.3) is 0 Å². The summed E-state index contributed by atoms with van der Waals surface area (Å²) in [6, 6.07) is 5.96. The van der Waals surface area contributed by atoms with Crippen LogP contribution < -0.4 is 10.5 Å². The Balaban J connectivity index is 2.80. The first kappa shape index (κ1) is 14.5. The minimum atomic E-state index is -0.00896. The predicted octanol–water partition coefficient (Wildman–Crippen LogP) is 1.70. The van der Waals surface area contributed by atoms with Gasteiger partial charge in [0, 0.05) is 13.1 Å². The maximum Gasteiger partial charge on any atom is 0.236 e. The van der Waals surface area contributed by atoms with Gasteiger partial charge in [0.15, 0.2) is 0 Å². The smallest absolute Gasteiger partial charge is 0.236 e. The molecule has 0 aliphatic rings. The Morgan fingerprint density at radius 2 is 2.17 bits per heavy atom. The lowest BCUT2D eigenvalue weighted by Gasteiger charge is -2.22. The van der Waals surface area contributed by atoms with E-state index in [1.54, 1.807) is 12.0 Å². The van der Waals surface area contributed by atoms with E-state index < -0.39 is 0 Å². The molecule has 1 aromatic rings. The maximum atomic E-state index is 11.7. The van der Waals surface area contributed by atoms with Crippen LogP contribution >= 0.6 is 0 Å². The topological polar surface area (TPSA) is 55.6 Å². The van der Waals surface area contributed by atoms with E-state index in [9.17, 15) is 4.79 Å². The lowest BCUT2D eigenvalue weighted by Crippen LogP contribution is -2.36. The zero-order valence-corrected chi connectivity index (χ0v) is 11.4. The van der Waals surface area contributed by atoms with Crippen LogP contribution in [-0.2, 0) is 11.3 Å². The number of nitrogens with zero attached hydrogens (tertiary/aromatic N) is 1. The van der Waals surface area contributed by atoms with Crippen LogP contribution in [0.1, 0.15) is 24.5 Å². The normalized spacial score (nSPS) is 10.2. The largest absolute Gasteiger partial charge is 0.496 e. The van der Waals surface area contributed by atoms with E-state index in [2.05, 4.69) is 6.92 Å². The van der Waals surface area contributed by atoms with Gasteiger partial charge in [0.1, 0.15) is 5.75 Å². The molecule has 100 valence electrons. The molecule has 0 atom stereocenters. The van der Waals surface area contributed by atoms with Crippen LogP contribution in [0.4, 0.5) is 0 Å². The Labute approximate surface area is 109 Å². The quantitative estimate of drug-likeness (QED) is 0.836. The molecule has 18 heavy (non-hydrogen) atoms. The fraction of sp³-hybridized carbons (Fsp3) is 0.500. The van der Waals surface area contributed by atoms with E-state index in [1.807, 2.05) is 25.1 Å². The molecule has 0 heterocycles. The molecule has 0 fully saturated rings. The van der Waals surface area contributed by atoms with Crippen molar-refractivity contribution in [3.63, 3.8) is 0 Å². The Hall–Kier alpha value is -1.55. The molecule has 0 saturated carbocycles. The number of rotatable bonds is 6. The number of hydrogen-bond acceptors (Lipinski definition) is 3. The molecule has 0 bridgehead atoms. The second-order valence-electron chi connectivity index (χ2n) is 4.32. The third-order valence-corrected chi connectivity index (χ3v) is 2.85. The fourth-order valence-electron chi connectivity index (χ4n) is 1.95. The zero-order valence-electron chi connectivity index (χ0n) is 11.4. The summed E-state index contributed by atoms with van der Waals surface area (Å²) in [5.74, 6) is 0.858. The highest BCUT2D eigenvalue weighted by Gasteiger charge is 2.11. The Morgan fingerprint density at radius 1 is 1.44 bits per heavy atom. The van der Waals surface area contributed by atoms with Crippen molar-refractivity contribution in [1.29, 1.82) is 0 Å². The molecule has 0 aromatic heterocycles. The highest BCUT2D eigenvalue weighted by atomic mass is 16.5. The first-order valence-electron chi connectivity index (χ1n) is 6.23. The van der Waals surface area contributed by atoms with E-state index in [0.717, 1.165) is 29.8 Å². The average Bonchev–Trinajstić information content (AvgIpc) is 2.37. The molecule has 1 aromatic carbocycles. The highest BCUT2D eigenvalue weighted by molar-refractivity contribution is 5.78. The van der Waals surface area contributed by atoms with Gasteiger partial charge in [-0.3, -0.25) is 4.79 Å². The number of carbonyl (C=O) groups is 1. The van der Waals surface area contributed by atoms with Crippen LogP contribution in [0.15, 0.2) is 18.2 Å². The van der Waals surface area contributed by atoms with E-state index in [1.165, 1.54) is 0 Å². The second-order valence-corrected chi connectivity index (χ2v) is 4.32. The SMILES string of the molecule is CCCN(Cc1ccc(OC)c(C)c1)C(=O)CN. The standard InChI is InChI=1S/C14H22N2O2/c1-4-7-16(14(17)9-15)10-12-5-6-13(18-3)11(2)8-12/h5-6,8H,4,7,9-10,15H2,1-3H3. The lowest BCUT2D eigenvalue weighted by atomic mass is 10.1. The van der Waals surface area contributed by atoms with E-state index >= 15 is 0 Å². The minimum Gasteiger partial charge on any atom is -0.496 e. The molecule has 2 N–H and O–H groups in total. The van der Waals surface area contributed by atoms with Crippen LogP contribution in [-0.4, -0.2) is 31.0 Å². The minimum absolute atomic E-state index is 0.00896. The molecule has 0 aliphatic carbocycles. The molecule has 0 radical (unpaired) electrons. The van der Waals surface area contributed by atoms with Gasteiger partial charge in [0.2, 0.25) is 5.91 Å². The number of carbonyl (C=O) groups excluding carboxylic acids is 1. The van der Waals surface area contributed by atoms with Gasteiger partial charge in [-0.25, -0.2) is 0 Å². The molecule has 1 rings (SSSR count). The molecule has 0 spiro atoms. The number of aryl methyl sites for hydroxylation is 1. The number of nitrogens with two attached hydrogens (primary N) is 1. The van der Waals surface area contributed by atoms with Crippen molar-refractivity contribution in [2.45, 2.75) is 26.8 Å². The molecule has 4 heteroatoms. The summed E-state index contributed by atoms with van der Waals surface area (Å²) in [7, 11) is 1.66. The summed E-state index contributed by atoms with van der Waals surface area (Å²) in [5, 5.41) is 0. The van der Waals surface area contributed by atoms with Crippen molar-refractivity contribution in [2.75, 3.05) is 20.2 Å². The number of amides is 1. The van der Waals surface area contributed by atoms with E-state index in [0.29, 0.717) is 6.54 Å². The number of hydrogen-bond donors (Lipinski definition) is 1.